The van der Waals surface area contributed by atoms with Gasteiger partial charge >= 0.3 is 0 Å². The molecule has 21 heavy (non-hydrogen) atoms. The topological polar surface area (TPSA) is 23.6 Å². The van der Waals surface area contributed by atoms with E-state index < -0.39 is 0 Å². The van der Waals surface area contributed by atoms with Crippen LogP contribution in [0, 0.1) is 0 Å². The van der Waals surface area contributed by atoms with Gasteiger partial charge in [0.2, 0.25) is 5.91 Å². The summed E-state index contributed by atoms with van der Waals surface area (Å²) in [7, 11) is 2.19. The fraction of sp³-hybridized carbons (Fsp3) is 0.611. The Hall–Kier alpha value is -1.35. The van der Waals surface area contributed by atoms with Crippen LogP contribution in [0.5, 0.6) is 0 Å². The lowest BCUT2D eigenvalue weighted by molar-refractivity contribution is -0.140. The van der Waals surface area contributed by atoms with Crippen LogP contribution in [0.15, 0.2) is 30.3 Å². The highest BCUT2D eigenvalue weighted by Crippen LogP contribution is 2.25. The third-order valence-corrected chi connectivity index (χ3v) is 4.47. The van der Waals surface area contributed by atoms with Crippen molar-refractivity contribution < 1.29 is 4.79 Å². The highest BCUT2D eigenvalue weighted by molar-refractivity contribution is 5.81. The van der Waals surface area contributed by atoms with E-state index in [2.05, 4.69) is 49.2 Å². The third-order valence-electron chi connectivity index (χ3n) is 4.47. The van der Waals surface area contributed by atoms with Crippen LogP contribution in [-0.2, 0) is 4.79 Å². The number of nitrogens with zero attached hydrogens (tertiary/aromatic N) is 2. The molecule has 1 unspecified atom stereocenters. The molecule has 0 bridgehead atoms. The zero-order valence-corrected chi connectivity index (χ0v) is 13.4. The summed E-state index contributed by atoms with van der Waals surface area (Å²) in [6.45, 7) is 5.01. The predicted molar refractivity (Wildman–Crippen MR) is 87.2 cm³/mol. The zero-order chi connectivity index (χ0) is 15.1. The van der Waals surface area contributed by atoms with E-state index in [-0.39, 0.29) is 0 Å². The smallest absolute Gasteiger partial charge is 0.224 e. The molecule has 1 aromatic carbocycles. The fourth-order valence-corrected chi connectivity index (χ4v) is 2.94. The van der Waals surface area contributed by atoms with E-state index in [0.717, 1.165) is 26.1 Å². The normalized spacial score (nSPS) is 16.1. The Bertz CT molecular complexity index is 432. The van der Waals surface area contributed by atoms with E-state index in [1.807, 2.05) is 4.90 Å². The Balaban J connectivity index is 1.91. The molecular formula is C18H28N2O. The van der Waals surface area contributed by atoms with Gasteiger partial charge in [0, 0.05) is 32.1 Å². The van der Waals surface area contributed by atoms with Crippen LogP contribution in [0.4, 0.5) is 0 Å². The first kappa shape index (κ1) is 16.0. The lowest BCUT2D eigenvalue weighted by Crippen LogP contribution is -2.47. The molecule has 0 radical (unpaired) electrons. The van der Waals surface area contributed by atoms with Crippen molar-refractivity contribution in [2.24, 2.45) is 0 Å². The maximum atomic E-state index is 11.4. The summed E-state index contributed by atoms with van der Waals surface area (Å²) in [6.07, 6.45) is 5.75. The molecule has 1 atom stereocenters. The summed E-state index contributed by atoms with van der Waals surface area (Å²) < 4.78 is 0. The molecule has 1 fully saturated rings. The molecule has 0 aromatic heterocycles. The lowest BCUT2D eigenvalue weighted by Gasteiger charge is -2.35. The van der Waals surface area contributed by atoms with Crippen molar-refractivity contribution >= 4 is 5.91 Å². The SMILES string of the molecule is CCCCCC(c1ccccc1)N(C)CCN1CCC1=O. The second-order valence-electron chi connectivity index (χ2n) is 6.03. The number of likely N-dealkylation sites (tertiary alicyclic amines) is 1. The van der Waals surface area contributed by atoms with Gasteiger partial charge in [-0.3, -0.25) is 9.69 Å². The predicted octanol–water partition coefficient (Wildman–Crippen LogP) is 3.47. The number of carbonyl (C=O) groups excluding carboxylic acids is 1. The van der Waals surface area contributed by atoms with Gasteiger partial charge in [-0.15, -0.1) is 0 Å². The van der Waals surface area contributed by atoms with Crippen molar-refractivity contribution in [3.63, 3.8) is 0 Å². The van der Waals surface area contributed by atoms with Gasteiger partial charge < -0.3 is 4.90 Å². The molecule has 116 valence electrons. The Labute approximate surface area is 128 Å². The third kappa shape index (κ3) is 4.57. The Kier molecular flexibility index (Phi) is 6.24. The van der Waals surface area contributed by atoms with Gasteiger partial charge in [0.05, 0.1) is 0 Å². The second-order valence-corrected chi connectivity index (χ2v) is 6.03. The molecule has 2 rings (SSSR count). The molecule has 0 saturated carbocycles. The van der Waals surface area contributed by atoms with Crippen LogP contribution < -0.4 is 0 Å². The summed E-state index contributed by atoms with van der Waals surface area (Å²) in [4.78, 5) is 15.8. The first-order valence-electron chi connectivity index (χ1n) is 8.25. The van der Waals surface area contributed by atoms with Gasteiger partial charge in [0.25, 0.3) is 0 Å². The summed E-state index contributed by atoms with van der Waals surface area (Å²) >= 11 is 0. The van der Waals surface area contributed by atoms with Gasteiger partial charge in [-0.05, 0) is 19.0 Å². The number of likely N-dealkylation sites (N-methyl/N-ethyl adjacent to an activating group) is 1. The average molecular weight is 288 g/mol. The Morgan fingerprint density at radius 2 is 2.00 bits per heavy atom. The first-order valence-corrected chi connectivity index (χ1v) is 8.25. The van der Waals surface area contributed by atoms with E-state index in [1.54, 1.807) is 0 Å². The summed E-state index contributed by atoms with van der Waals surface area (Å²) in [6, 6.07) is 11.2. The van der Waals surface area contributed by atoms with Gasteiger partial charge in [-0.2, -0.15) is 0 Å². The quantitative estimate of drug-likeness (QED) is 0.513. The number of β-lactam (4-membered cyclic amide) rings is 1. The van der Waals surface area contributed by atoms with E-state index in [1.165, 1.54) is 31.2 Å². The molecule has 0 aliphatic carbocycles. The maximum absolute atomic E-state index is 11.4. The van der Waals surface area contributed by atoms with E-state index in [0.29, 0.717) is 11.9 Å². The van der Waals surface area contributed by atoms with E-state index >= 15 is 0 Å². The molecule has 1 heterocycles. The van der Waals surface area contributed by atoms with Crippen molar-refractivity contribution in [1.82, 2.24) is 9.80 Å². The number of amides is 1. The number of unbranched alkanes of at least 4 members (excludes halogenated alkanes) is 2. The van der Waals surface area contributed by atoms with Crippen LogP contribution in [0.1, 0.15) is 50.6 Å². The molecule has 1 aliphatic rings. The van der Waals surface area contributed by atoms with Crippen molar-refractivity contribution in [1.29, 1.82) is 0 Å². The minimum atomic E-state index is 0.311. The highest BCUT2D eigenvalue weighted by Gasteiger charge is 2.24. The summed E-state index contributed by atoms with van der Waals surface area (Å²) in [5, 5.41) is 0. The van der Waals surface area contributed by atoms with Crippen LogP contribution in [0.3, 0.4) is 0 Å². The van der Waals surface area contributed by atoms with Crippen molar-refractivity contribution in [2.75, 3.05) is 26.7 Å². The Morgan fingerprint density at radius 1 is 1.24 bits per heavy atom. The van der Waals surface area contributed by atoms with Crippen LogP contribution in [0.25, 0.3) is 0 Å². The largest absolute Gasteiger partial charge is 0.341 e. The molecule has 1 saturated heterocycles. The summed E-state index contributed by atoms with van der Waals surface area (Å²) in [5.41, 5.74) is 1.39. The number of hydrogen-bond donors (Lipinski definition) is 0. The van der Waals surface area contributed by atoms with Crippen molar-refractivity contribution in [3.05, 3.63) is 35.9 Å². The zero-order valence-electron chi connectivity index (χ0n) is 13.4. The minimum Gasteiger partial charge on any atom is -0.341 e. The second kappa shape index (κ2) is 8.18. The number of rotatable bonds is 9. The van der Waals surface area contributed by atoms with Crippen molar-refractivity contribution in [3.8, 4) is 0 Å². The van der Waals surface area contributed by atoms with Crippen molar-refractivity contribution in [2.45, 2.75) is 45.1 Å². The molecule has 3 nitrogen and oxygen atoms in total. The summed E-state index contributed by atoms with van der Waals surface area (Å²) in [5.74, 6) is 0.311. The van der Waals surface area contributed by atoms with Crippen LogP contribution >= 0.6 is 0 Å². The molecule has 0 N–H and O–H groups in total. The van der Waals surface area contributed by atoms with Gasteiger partial charge in [-0.1, -0.05) is 56.5 Å². The van der Waals surface area contributed by atoms with Crippen LogP contribution in [-0.4, -0.2) is 42.4 Å². The van der Waals surface area contributed by atoms with E-state index in [9.17, 15) is 4.79 Å². The fourth-order valence-electron chi connectivity index (χ4n) is 2.94. The van der Waals surface area contributed by atoms with Gasteiger partial charge in [0.15, 0.2) is 0 Å². The van der Waals surface area contributed by atoms with Gasteiger partial charge in [0.1, 0.15) is 0 Å². The highest BCUT2D eigenvalue weighted by atomic mass is 16.2. The first-order chi connectivity index (χ1) is 10.2. The molecule has 0 spiro atoms. The number of benzene rings is 1. The van der Waals surface area contributed by atoms with Gasteiger partial charge in [-0.25, -0.2) is 0 Å². The molecule has 1 aliphatic heterocycles. The minimum absolute atomic E-state index is 0.311. The number of hydrogen-bond acceptors (Lipinski definition) is 2. The monoisotopic (exact) mass is 288 g/mol. The molecule has 3 heteroatoms. The standard InChI is InChI=1S/C18H28N2O/c1-3-4-6-11-17(16-9-7-5-8-10-16)19(2)14-15-20-13-12-18(20)21/h5,7-10,17H,3-4,6,11-15H2,1-2H3. The Morgan fingerprint density at radius 3 is 2.57 bits per heavy atom. The lowest BCUT2D eigenvalue weighted by atomic mass is 9.99. The molecule has 1 amide bonds. The molecule has 1 aromatic rings. The van der Waals surface area contributed by atoms with Crippen LogP contribution in [0.2, 0.25) is 0 Å². The maximum Gasteiger partial charge on any atom is 0.224 e. The van der Waals surface area contributed by atoms with E-state index in [4.69, 9.17) is 0 Å². The average Bonchev–Trinajstić information content (AvgIpc) is 2.51. The number of carbonyl (C=O) groups is 1. The molecular weight excluding hydrogens is 260 g/mol.